The molecule has 0 saturated carbocycles. The van der Waals surface area contributed by atoms with Gasteiger partial charge in [0.15, 0.2) is 17.2 Å². The molecule has 2 aromatic heterocycles. The molecule has 1 aromatic carbocycles. The minimum absolute atomic E-state index is 0.00181. The lowest BCUT2D eigenvalue weighted by atomic mass is 10.1. The van der Waals surface area contributed by atoms with E-state index < -0.39 is 5.97 Å². The third kappa shape index (κ3) is 4.13. The van der Waals surface area contributed by atoms with E-state index in [1.165, 1.54) is 11.8 Å². The van der Waals surface area contributed by atoms with Crippen molar-refractivity contribution in [3.63, 3.8) is 0 Å². The van der Waals surface area contributed by atoms with Crippen molar-refractivity contribution >= 4 is 11.8 Å². The molecule has 3 rings (SSSR count). The molecule has 3 aromatic rings. The van der Waals surface area contributed by atoms with Crippen LogP contribution in [0.5, 0.6) is 11.5 Å². The molecule has 0 radical (unpaired) electrons. The molecular formula is C18H22N6O5. The van der Waals surface area contributed by atoms with Crippen LogP contribution < -0.4 is 15.2 Å². The standard InChI is InChI=1S/C18H22N6O5/c1-4-6-9-28-12-8-7-11(10-13(12)26-3)15-14(18(25)27-5-2)20-23-24(15)17-16(19)21-29-22-17/h7-8,10H,4-6,9H2,1-3H3,(H2,19,21). The third-order valence-corrected chi connectivity index (χ3v) is 4.03. The molecular weight excluding hydrogens is 380 g/mol. The quantitative estimate of drug-likeness (QED) is 0.418. The number of carbonyl (C=O) groups is 1. The first-order valence-electron chi connectivity index (χ1n) is 9.13. The Kier molecular flexibility index (Phi) is 6.27. The van der Waals surface area contributed by atoms with Crippen LogP contribution in [0, 0.1) is 0 Å². The van der Waals surface area contributed by atoms with Crippen LogP contribution >= 0.6 is 0 Å². The van der Waals surface area contributed by atoms with Gasteiger partial charge in [0, 0.05) is 5.56 Å². The molecule has 11 heteroatoms. The molecule has 154 valence electrons. The van der Waals surface area contributed by atoms with Gasteiger partial charge in [-0.05, 0) is 41.9 Å². The van der Waals surface area contributed by atoms with E-state index >= 15 is 0 Å². The number of hydrogen-bond acceptors (Lipinski definition) is 10. The van der Waals surface area contributed by atoms with Crippen LogP contribution in [0.1, 0.15) is 37.2 Å². The lowest BCUT2D eigenvalue weighted by Crippen LogP contribution is -2.09. The number of ether oxygens (including phenoxy) is 3. The summed E-state index contributed by atoms with van der Waals surface area (Å²) in [5.41, 5.74) is 6.67. The second-order valence-corrected chi connectivity index (χ2v) is 5.96. The van der Waals surface area contributed by atoms with Crippen molar-refractivity contribution in [2.75, 3.05) is 26.1 Å². The van der Waals surface area contributed by atoms with E-state index in [2.05, 4.69) is 32.2 Å². The Labute approximate surface area is 166 Å². The minimum atomic E-state index is -0.633. The van der Waals surface area contributed by atoms with Gasteiger partial charge in [-0.3, -0.25) is 0 Å². The molecule has 0 saturated heterocycles. The fourth-order valence-electron chi connectivity index (χ4n) is 2.62. The first kappa shape index (κ1) is 20.1. The summed E-state index contributed by atoms with van der Waals surface area (Å²) in [5.74, 6) is 0.547. The number of hydrogen-bond donors (Lipinski definition) is 1. The molecule has 0 aliphatic carbocycles. The molecule has 0 aliphatic heterocycles. The van der Waals surface area contributed by atoms with E-state index in [-0.39, 0.29) is 23.9 Å². The molecule has 0 aliphatic rings. The van der Waals surface area contributed by atoms with Crippen LogP contribution in [0.4, 0.5) is 5.82 Å². The highest BCUT2D eigenvalue weighted by Crippen LogP contribution is 2.35. The number of esters is 1. The maximum absolute atomic E-state index is 12.4. The highest BCUT2D eigenvalue weighted by molar-refractivity contribution is 5.94. The Hall–Kier alpha value is -3.63. The SMILES string of the molecule is CCCCOc1ccc(-c2c(C(=O)OCC)nnn2-c2nonc2N)cc1OC. The van der Waals surface area contributed by atoms with E-state index in [9.17, 15) is 4.79 Å². The fourth-order valence-corrected chi connectivity index (χ4v) is 2.62. The van der Waals surface area contributed by atoms with Crippen molar-refractivity contribution in [1.82, 2.24) is 25.3 Å². The number of nitrogen functional groups attached to an aromatic ring is 1. The van der Waals surface area contributed by atoms with Crippen molar-refractivity contribution in [3.8, 4) is 28.6 Å². The van der Waals surface area contributed by atoms with Gasteiger partial charge in [-0.2, -0.15) is 4.68 Å². The molecule has 11 nitrogen and oxygen atoms in total. The van der Waals surface area contributed by atoms with Gasteiger partial charge in [-0.15, -0.1) is 5.10 Å². The van der Waals surface area contributed by atoms with Crippen molar-refractivity contribution in [2.45, 2.75) is 26.7 Å². The highest BCUT2D eigenvalue weighted by Gasteiger charge is 2.26. The van der Waals surface area contributed by atoms with Crippen molar-refractivity contribution in [2.24, 2.45) is 0 Å². The summed E-state index contributed by atoms with van der Waals surface area (Å²) < 4.78 is 22.2. The second-order valence-electron chi connectivity index (χ2n) is 5.96. The summed E-state index contributed by atoms with van der Waals surface area (Å²) in [7, 11) is 1.53. The zero-order valence-electron chi connectivity index (χ0n) is 16.4. The molecule has 0 bridgehead atoms. The largest absolute Gasteiger partial charge is 0.493 e. The topological polar surface area (TPSA) is 140 Å². The molecule has 0 spiro atoms. The zero-order valence-corrected chi connectivity index (χ0v) is 16.4. The second kappa shape index (κ2) is 9.04. The lowest BCUT2D eigenvalue weighted by Gasteiger charge is -2.13. The maximum atomic E-state index is 12.4. The lowest BCUT2D eigenvalue weighted by molar-refractivity contribution is 0.0520. The van der Waals surface area contributed by atoms with Crippen LogP contribution in [-0.2, 0) is 4.74 Å². The van der Waals surface area contributed by atoms with E-state index in [0.29, 0.717) is 29.4 Å². The first-order chi connectivity index (χ1) is 14.1. The Morgan fingerprint density at radius 3 is 2.72 bits per heavy atom. The number of nitrogens with two attached hydrogens (primary N) is 1. The van der Waals surface area contributed by atoms with E-state index in [0.717, 1.165) is 12.8 Å². The normalized spacial score (nSPS) is 10.7. The van der Waals surface area contributed by atoms with Crippen LogP contribution in [-0.4, -0.2) is 51.6 Å². The molecule has 0 atom stereocenters. The van der Waals surface area contributed by atoms with Gasteiger partial charge in [0.05, 0.1) is 20.3 Å². The van der Waals surface area contributed by atoms with Gasteiger partial charge in [0.1, 0.15) is 5.69 Å². The smallest absolute Gasteiger partial charge is 0.361 e. The van der Waals surface area contributed by atoms with Crippen LogP contribution in [0.15, 0.2) is 22.8 Å². The van der Waals surface area contributed by atoms with Gasteiger partial charge < -0.3 is 19.9 Å². The van der Waals surface area contributed by atoms with Crippen molar-refractivity contribution < 1.29 is 23.6 Å². The third-order valence-electron chi connectivity index (χ3n) is 4.03. The number of anilines is 1. The number of carbonyl (C=O) groups excluding carboxylic acids is 1. The van der Waals surface area contributed by atoms with Crippen LogP contribution in [0.25, 0.3) is 17.1 Å². The summed E-state index contributed by atoms with van der Waals surface area (Å²) in [6.45, 7) is 4.54. The molecule has 2 N–H and O–H groups in total. The summed E-state index contributed by atoms with van der Waals surface area (Å²) in [5, 5.41) is 15.2. The summed E-state index contributed by atoms with van der Waals surface area (Å²) in [6.07, 6.45) is 1.94. The number of rotatable bonds is 9. The van der Waals surface area contributed by atoms with E-state index in [4.69, 9.17) is 19.9 Å². The Morgan fingerprint density at radius 2 is 2.07 bits per heavy atom. The Morgan fingerprint density at radius 1 is 1.24 bits per heavy atom. The molecule has 0 unspecified atom stereocenters. The monoisotopic (exact) mass is 402 g/mol. The molecule has 29 heavy (non-hydrogen) atoms. The highest BCUT2D eigenvalue weighted by atomic mass is 16.6. The Balaban J connectivity index is 2.09. The van der Waals surface area contributed by atoms with Crippen molar-refractivity contribution in [1.29, 1.82) is 0 Å². The van der Waals surface area contributed by atoms with Crippen molar-refractivity contribution in [3.05, 3.63) is 23.9 Å². The number of methoxy groups -OCH3 is 1. The molecule has 2 heterocycles. The van der Waals surface area contributed by atoms with Crippen LogP contribution in [0.3, 0.4) is 0 Å². The number of unbranched alkanes of at least 4 members (excludes halogenated alkanes) is 1. The van der Waals surface area contributed by atoms with Gasteiger partial charge >= 0.3 is 5.97 Å². The predicted molar refractivity (Wildman–Crippen MR) is 102 cm³/mol. The first-order valence-corrected chi connectivity index (χ1v) is 9.13. The number of benzene rings is 1. The van der Waals surface area contributed by atoms with Gasteiger partial charge in [0.2, 0.25) is 11.6 Å². The summed E-state index contributed by atoms with van der Waals surface area (Å²) in [4.78, 5) is 12.4. The van der Waals surface area contributed by atoms with Gasteiger partial charge in [-0.1, -0.05) is 18.6 Å². The molecule has 0 fully saturated rings. The van der Waals surface area contributed by atoms with Gasteiger partial charge in [0.25, 0.3) is 0 Å². The van der Waals surface area contributed by atoms with Crippen LogP contribution in [0.2, 0.25) is 0 Å². The minimum Gasteiger partial charge on any atom is -0.493 e. The average molecular weight is 402 g/mol. The maximum Gasteiger partial charge on any atom is 0.361 e. The predicted octanol–water partition coefficient (Wildman–Crippen LogP) is 2.26. The summed E-state index contributed by atoms with van der Waals surface area (Å²) >= 11 is 0. The number of aromatic nitrogens is 5. The zero-order chi connectivity index (χ0) is 20.8. The fraction of sp³-hybridized carbons (Fsp3) is 0.389. The average Bonchev–Trinajstić information content (AvgIpc) is 3.34. The van der Waals surface area contributed by atoms with Gasteiger partial charge in [-0.25, -0.2) is 9.42 Å². The Bertz CT molecular complexity index is 983. The summed E-state index contributed by atoms with van der Waals surface area (Å²) in [6, 6.07) is 5.22. The molecule has 0 amide bonds. The van der Waals surface area contributed by atoms with E-state index in [1.54, 1.807) is 25.1 Å². The van der Waals surface area contributed by atoms with E-state index in [1.807, 2.05) is 0 Å². The number of nitrogens with zero attached hydrogens (tertiary/aromatic N) is 5.